The molecule has 0 saturated carbocycles. The summed E-state index contributed by atoms with van der Waals surface area (Å²) in [6.07, 6.45) is 5.09. The molecule has 0 spiro atoms. The highest BCUT2D eigenvalue weighted by atomic mass is 28.4. The second-order valence-electron chi connectivity index (χ2n) is 7.59. The Labute approximate surface area is 124 Å². The maximum Gasteiger partial charge on any atom is 0.189 e. The predicted octanol–water partition coefficient (Wildman–Crippen LogP) is 6.22. The van der Waals surface area contributed by atoms with Gasteiger partial charge in [0.05, 0.1) is 8.07 Å². The van der Waals surface area contributed by atoms with Gasteiger partial charge in [-0.25, -0.2) is 0 Å². The zero-order chi connectivity index (χ0) is 15.3. The molecule has 0 heterocycles. The molecule has 0 rings (SSSR count). The summed E-state index contributed by atoms with van der Waals surface area (Å²) in [5.74, 6) is 0. The monoisotopic (exact) mass is 302 g/mol. The third-order valence-electron chi connectivity index (χ3n) is 5.55. The summed E-state index contributed by atoms with van der Waals surface area (Å²) in [4.78, 5) is 0. The number of unbranched alkanes of at least 4 members (excludes halogenated alkanes) is 1. The lowest BCUT2D eigenvalue weighted by Gasteiger charge is -2.48. The Morgan fingerprint density at radius 2 is 1.58 bits per heavy atom. The molecule has 116 valence electrons. The fourth-order valence-electron chi connectivity index (χ4n) is 2.74. The van der Waals surface area contributed by atoms with Gasteiger partial charge >= 0.3 is 0 Å². The molecule has 0 aromatic carbocycles. The minimum Gasteiger partial charge on any atom is -0.415 e. The molecule has 0 N–H and O–H groups in total. The molecular formula is C16H38OSi2. The first-order chi connectivity index (χ1) is 8.56. The number of rotatable bonds is 9. The maximum absolute atomic E-state index is 6.89. The Morgan fingerprint density at radius 3 is 1.95 bits per heavy atom. The van der Waals surface area contributed by atoms with E-state index in [1.807, 2.05) is 0 Å². The van der Waals surface area contributed by atoms with Crippen LogP contribution in [0.1, 0.15) is 60.3 Å². The molecule has 0 bridgehead atoms. The van der Waals surface area contributed by atoms with E-state index in [1.54, 1.807) is 0 Å². The number of hydrogen-bond acceptors (Lipinski definition) is 1. The Bertz CT molecular complexity index is 263. The topological polar surface area (TPSA) is 9.23 Å². The Morgan fingerprint density at radius 1 is 1.05 bits per heavy atom. The molecule has 0 fully saturated rings. The van der Waals surface area contributed by atoms with E-state index in [2.05, 4.69) is 60.8 Å². The minimum absolute atomic E-state index is 0.154. The van der Waals surface area contributed by atoms with E-state index in [9.17, 15) is 0 Å². The van der Waals surface area contributed by atoms with Gasteiger partial charge in [0.25, 0.3) is 0 Å². The molecule has 0 aromatic heterocycles. The summed E-state index contributed by atoms with van der Waals surface area (Å²) in [6, 6.07) is 1.40. The highest BCUT2D eigenvalue weighted by Crippen LogP contribution is 2.38. The smallest absolute Gasteiger partial charge is 0.189 e. The van der Waals surface area contributed by atoms with Crippen molar-refractivity contribution in [3.63, 3.8) is 0 Å². The molecule has 0 radical (unpaired) electrons. The van der Waals surface area contributed by atoms with E-state index in [-0.39, 0.29) is 5.22 Å². The first-order valence-electron chi connectivity index (χ1n) is 8.26. The fraction of sp³-hybridized carbons (Fsp3) is 1.00. The van der Waals surface area contributed by atoms with Crippen molar-refractivity contribution < 1.29 is 4.43 Å². The van der Waals surface area contributed by atoms with Crippen LogP contribution in [0.2, 0.25) is 37.8 Å². The van der Waals surface area contributed by atoms with Gasteiger partial charge in [0, 0.05) is 5.22 Å². The molecular weight excluding hydrogens is 264 g/mol. The van der Waals surface area contributed by atoms with Gasteiger partial charge < -0.3 is 4.43 Å². The lowest BCUT2D eigenvalue weighted by molar-refractivity contribution is 0.143. The van der Waals surface area contributed by atoms with E-state index in [4.69, 9.17) is 4.43 Å². The van der Waals surface area contributed by atoms with E-state index in [0.717, 1.165) is 5.54 Å². The van der Waals surface area contributed by atoms with Gasteiger partial charge in [-0.15, -0.1) is 0 Å². The summed E-state index contributed by atoms with van der Waals surface area (Å²) in [5, 5.41) is 0.154. The van der Waals surface area contributed by atoms with Crippen LogP contribution in [0.4, 0.5) is 0 Å². The van der Waals surface area contributed by atoms with Crippen LogP contribution < -0.4 is 0 Å². The first kappa shape index (κ1) is 19.4. The molecule has 0 saturated heterocycles. The van der Waals surface area contributed by atoms with E-state index in [0.29, 0.717) is 0 Å². The van der Waals surface area contributed by atoms with Crippen LogP contribution in [0, 0.1) is 0 Å². The van der Waals surface area contributed by atoms with Gasteiger partial charge in [-0.3, -0.25) is 0 Å². The zero-order valence-electron chi connectivity index (χ0n) is 15.0. The first-order valence-corrected chi connectivity index (χ1v) is 14.5. The van der Waals surface area contributed by atoms with Crippen LogP contribution in [-0.2, 0) is 4.43 Å². The Balaban J connectivity index is 5.05. The van der Waals surface area contributed by atoms with Crippen molar-refractivity contribution in [2.75, 3.05) is 0 Å². The maximum atomic E-state index is 6.89. The van der Waals surface area contributed by atoms with Gasteiger partial charge in [0.15, 0.2) is 8.32 Å². The summed E-state index contributed by atoms with van der Waals surface area (Å²) < 4.78 is 6.89. The highest BCUT2D eigenvalue weighted by molar-refractivity contribution is 6.82. The van der Waals surface area contributed by atoms with Crippen LogP contribution in [0.5, 0.6) is 0 Å². The van der Waals surface area contributed by atoms with Gasteiger partial charge in [-0.05, 0) is 32.0 Å². The predicted molar refractivity (Wildman–Crippen MR) is 94.2 cm³/mol. The average molecular weight is 303 g/mol. The molecule has 0 aliphatic carbocycles. The molecule has 19 heavy (non-hydrogen) atoms. The average Bonchev–Trinajstić information content (AvgIpc) is 2.34. The van der Waals surface area contributed by atoms with Crippen molar-refractivity contribution in [3.05, 3.63) is 0 Å². The van der Waals surface area contributed by atoms with E-state index in [1.165, 1.54) is 31.7 Å². The summed E-state index contributed by atoms with van der Waals surface area (Å²) >= 11 is 0. The molecule has 0 aromatic rings. The largest absolute Gasteiger partial charge is 0.415 e. The minimum atomic E-state index is -1.58. The molecule has 0 aliphatic heterocycles. The van der Waals surface area contributed by atoms with Gasteiger partial charge in [-0.1, -0.05) is 66.1 Å². The van der Waals surface area contributed by atoms with E-state index < -0.39 is 16.4 Å². The molecule has 2 atom stereocenters. The second kappa shape index (κ2) is 7.42. The van der Waals surface area contributed by atoms with Crippen molar-refractivity contribution in [2.45, 2.75) is 103 Å². The summed E-state index contributed by atoms with van der Waals surface area (Å²) in [5.41, 5.74) is 0.745. The van der Waals surface area contributed by atoms with Crippen molar-refractivity contribution >= 4 is 16.4 Å². The van der Waals surface area contributed by atoms with Crippen molar-refractivity contribution in [2.24, 2.45) is 0 Å². The van der Waals surface area contributed by atoms with Gasteiger partial charge in [0.1, 0.15) is 0 Å². The van der Waals surface area contributed by atoms with Crippen LogP contribution in [0.25, 0.3) is 0 Å². The van der Waals surface area contributed by atoms with Crippen molar-refractivity contribution in [3.8, 4) is 0 Å². The van der Waals surface area contributed by atoms with Crippen LogP contribution in [0.15, 0.2) is 0 Å². The quantitative estimate of drug-likeness (QED) is 0.459. The Kier molecular flexibility index (Phi) is 7.57. The van der Waals surface area contributed by atoms with Crippen LogP contribution in [-0.4, -0.2) is 21.6 Å². The fourth-order valence-corrected chi connectivity index (χ4v) is 9.85. The third-order valence-corrected chi connectivity index (χ3v) is 14.4. The molecule has 3 heteroatoms. The second-order valence-corrected chi connectivity index (χ2v) is 17.3. The third kappa shape index (κ3) is 5.02. The summed E-state index contributed by atoms with van der Waals surface area (Å²) in [6.45, 7) is 21.6. The Hall–Kier alpha value is 0.394. The number of hydrogen-bond donors (Lipinski definition) is 0. The SMILES string of the molecule is CCCC[Si](C)(C)C(C)(CC)O[Si](C)(C)[C@H](C)CC. The normalized spacial score (nSPS) is 18.2. The molecule has 0 amide bonds. The van der Waals surface area contributed by atoms with Crippen LogP contribution >= 0.6 is 0 Å². The van der Waals surface area contributed by atoms with E-state index >= 15 is 0 Å². The lowest BCUT2D eigenvalue weighted by atomic mass is 10.3. The standard InChI is InChI=1S/C16H38OSi2/c1-10-13-14-18(6,7)16(5,12-3)17-19(8,9)15(4)11-2/h15H,10-14H2,1-9H3/t15-,16?/m1/s1. The van der Waals surface area contributed by atoms with Crippen molar-refractivity contribution in [1.29, 1.82) is 0 Å². The molecule has 1 unspecified atom stereocenters. The molecule has 0 aliphatic rings. The zero-order valence-corrected chi connectivity index (χ0v) is 17.0. The van der Waals surface area contributed by atoms with Crippen LogP contribution in [0.3, 0.4) is 0 Å². The lowest BCUT2D eigenvalue weighted by Crippen LogP contribution is -2.59. The summed E-state index contributed by atoms with van der Waals surface area (Å²) in [7, 11) is -2.91. The van der Waals surface area contributed by atoms with Gasteiger partial charge in [0.2, 0.25) is 0 Å². The van der Waals surface area contributed by atoms with Gasteiger partial charge in [-0.2, -0.15) is 0 Å². The highest BCUT2D eigenvalue weighted by Gasteiger charge is 2.46. The molecule has 1 nitrogen and oxygen atoms in total. The van der Waals surface area contributed by atoms with Crippen molar-refractivity contribution in [1.82, 2.24) is 0 Å².